The quantitative estimate of drug-likeness (QED) is 0.538. The standard InChI is InChI=1S/C19H14O3/c1-22-19(21)18-9-8-16-10-15(6-7-17(16)11-18)14-4-2-13(12-20)3-5-14/h2-12H,1H3. The molecule has 0 bridgehead atoms. The lowest BCUT2D eigenvalue weighted by Crippen LogP contribution is -2.00. The first kappa shape index (κ1) is 14.0. The van der Waals surface area contributed by atoms with Gasteiger partial charge in [-0.3, -0.25) is 4.79 Å². The smallest absolute Gasteiger partial charge is 0.337 e. The second-order valence-electron chi connectivity index (χ2n) is 5.01. The summed E-state index contributed by atoms with van der Waals surface area (Å²) in [5.74, 6) is -0.338. The van der Waals surface area contributed by atoms with Gasteiger partial charge in [-0.25, -0.2) is 4.79 Å². The van der Waals surface area contributed by atoms with E-state index in [-0.39, 0.29) is 5.97 Å². The molecule has 0 aromatic heterocycles. The highest BCUT2D eigenvalue weighted by Gasteiger charge is 2.06. The molecule has 0 saturated carbocycles. The third-order valence-corrected chi connectivity index (χ3v) is 3.64. The van der Waals surface area contributed by atoms with Gasteiger partial charge in [0.2, 0.25) is 0 Å². The number of hydrogen-bond donors (Lipinski definition) is 0. The Labute approximate surface area is 128 Å². The lowest BCUT2D eigenvalue weighted by molar-refractivity contribution is 0.0601. The molecule has 0 saturated heterocycles. The zero-order valence-electron chi connectivity index (χ0n) is 12.1. The summed E-state index contributed by atoms with van der Waals surface area (Å²) in [5, 5.41) is 2.03. The molecule has 0 atom stereocenters. The Morgan fingerprint density at radius 2 is 1.50 bits per heavy atom. The number of hydrogen-bond acceptors (Lipinski definition) is 3. The Morgan fingerprint density at radius 1 is 0.864 bits per heavy atom. The Balaban J connectivity index is 2.02. The molecule has 0 fully saturated rings. The molecule has 0 amide bonds. The number of methoxy groups -OCH3 is 1. The number of carbonyl (C=O) groups is 2. The van der Waals surface area contributed by atoms with E-state index in [9.17, 15) is 9.59 Å². The van der Waals surface area contributed by atoms with Crippen LogP contribution in [0.3, 0.4) is 0 Å². The number of aldehydes is 1. The normalized spacial score (nSPS) is 10.4. The van der Waals surface area contributed by atoms with Gasteiger partial charge >= 0.3 is 5.97 Å². The van der Waals surface area contributed by atoms with E-state index >= 15 is 0 Å². The van der Waals surface area contributed by atoms with E-state index in [2.05, 4.69) is 6.07 Å². The van der Waals surface area contributed by atoms with E-state index in [0.717, 1.165) is 28.2 Å². The molecule has 0 unspecified atom stereocenters. The predicted octanol–water partition coefficient (Wildman–Crippen LogP) is 4.11. The topological polar surface area (TPSA) is 43.4 Å². The van der Waals surface area contributed by atoms with E-state index in [1.165, 1.54) is 7.11 Å². The molecule has 0 aliphatic rings. The summed E-state index contributed by atoms with van der Waals surface area (Å²) in [6.45, 7) is 0. The minimum absolute atomic E-state index is 0.338. The molecule has 0 N–H and O–H groups in total. The number of esters is 1. The Morgan fingerprint density at radius 3 is 2.18 bits per heavy atom. The fourth-order valence-electron chi connectivity index (χ4n) is 2.42. The maximum absolute atomic E-state index is 11.6. The first-order valence-electron chi connectivity index (χ1n) is 6.89. The van der Waals surface area contributed by atoms with Crippen molar-refractivity contribution < 1.29 is 14.3 Å². The summed E-state index contributed by atoms with van der Waals surface area (Å²) in [7, 11) is 1.37. The molecule has 0 aliphatic carbocycles. The van der Waals surface area contributed by atoms with Crippen LogP contribution in [-0.4, -0.2) is 19.4 Å². The monoisotopic (exact) mass is 290 g/mol. The Kier molecular flexibility index (Phi) is 3.71. The van der Waals surface area contributed by atoms with E-state index in [1.54, 1.807) is 18.2 Å². The summed E-state index contributed by atoms with van der Waals surface area (Å²) in [6.07, 6.45) is 0.832. The van der Waals surface area contributed by atoms with Crippen LogP contribution in [-0.2, 0) is 4.74 Å². The Bertz CT molecular complexity index is 848. The highest BCUT2D eigenvalue weighted by atomic mass is 16.5. The summed E-state index contributed by atoms with van der Waals surface area (Å²) in [5.41, 5.74) is 3.31. The van der Waals surface area contributed by atoms with Crippen molar-refractivity contribution in [3.8, 4) is 11.1 Å². The molecule has 0 radical (unpaired) electrons. The van der Waals surface area contributed by atoms with Crippen molar-refractivity contribution in [2.24, 2.45) is 0 Å². The largest absolute Gasteiger partial charge is 0.465 e. The van der Waals surface area contributed by atoms with Gasteiger partial charge < -0.3 is 4.74 Å². The molecular weight excluding hydrogens is 276 g/mol. The maximum Gasteiger partial charge on any atom is 0.337 e. The number of ether oxygens (including phenoxy) is 1. The van der Waals surface area contributed by atoms with Gasteiger partial charge in [0.25, 0.3) is 0 Å². The third kappa shape index (κ3) is 2.61. The number of fused-ring (bicyclic) bond motifs is 1. The SMILES string of the molecule is COC(=O)c1ccc2cc(-c3ccc(C=O)cc3)ccc2c1. The van der Waals surface area contributed by atoms with Crippen LogP contribution in [0.1, 0.15) is 20.7 Å². The number of benzene rings is 3. The van der Waals surface area contributed by atoms with Gasteiger partial charge in [-0.2, -0.15) is 0 Å². The zero-order chi connectivity index (χ0) is 15.5. The summed E-state index contributed by atoms with van der Waals surface area (Å²) < 4.78 is 4.73. The van der Waals surface area contributed by atoms with E-state index in [4.69, 9.17) is 4.74 Å². The number of rotatable bonds is 3. The molecule has 22 heavy (non-hydrogen) atoms. The molecule has 3 heteroatoms. The fourth-order valence-corrected chi connectivity index (χ4v) is 2.42. The minimum atomic E-state index is -0.338. The van der Waals surface area contributed by atoms with Gasteiger partial charge in [-0.05, 0) is 40.1 Å². The second-order valence-corrected chi connectivity index (χ2v) is 5.01. The van der Waals surface area contributed by atoms with E-state index < -0.39 is 0 Å². The first-order chi connectivity index (χ1) is 10.7. The van der Waals surface area contributed by atoms with E-state index in [0.29, 0.717) is 11.1 Å². The van der Waals surface area contributed by atoms with Crippen molar-refractivity contribution in [1.82, 2.24) is 0 Å². The van der Waals surface area contributed by atoms with Crippen LogP contribution in [0.25, 0.3) is 21.9 Å². The molecule has 108 valence electrons. The third-order valence-electron chi connectivity index (χ3n) is 3.64. The van der Waals surface area contributed by atoms with Crippen molar-refractivity contribution in [2.45, 2.75) is 0 Å². The molecule has 3 rings (SSSR count). The maximum atomic E-state index is 11.6. The first-order valence-corrected chi connectivity index (χ1v) is 6.89. The van der Waals surface area contributed by atoms with Crippen molar-refractivity contribution in [1.29, 1.82) is 0 Å². The highest BCUT2D eigenvalue weighted by Crippen LogP contribution is 2.25. The van der Waals surface area contributed by atoms with Crippen LogP contribution in [0.15, 0.2) is 60.7 Å². The van der Waals surface area contributed by atoms with Crippen LogP contribution in [0.4, 0.5) is 0 Å². The average Bonchev–Trinajstić information content (AvgIpc) is 2.60. The van der Waals surface area contributed by atoms with Crippen LogP contribution >= 0.6 is 0 Å². The summed E-state index contributed by atoms with van der Waals surface area (Å²) >= 11 is 0. The van der Waals surface area contributed by atoms with Crippen molar-refractivity contribution in [3.05, 3.63) is 71.8 Å². The zero-order valence-corrected chi connectivity index (χ0v) is 12.1. The van der Waals surface area contributed by atoms with Crippen molar-refractivity contribution in [2.75, 3.05) is 7.11 Å². The number of carbonyl (C=O) groups excluding carboxylic acids is 2. The van der Waals surface area contributed by atoms with Crippen molar-refractivity contribution >= 4 is 23.0 Å². The lowest BCUT2D eigenvalue weighted by atomic mass is 9.99. The second kappa shape index (κ2) is 5.82. The average molecular weight is 290 g/mol. The van der Waals surface area contributed by atoms with Crippen LogP contribution in [0, 0.1) is 0 Å². The molecule has 3 nitrogen and oxygen atoms in total. The molecule has 0 aliphatic heterocycles. The van der Waals surface area contributed by atoms with Crippen LogP contribution in [0.2, 0.25) is 0 Å². The van der Waals surface area contributed by atoms with Gasteiger partial charge in [-0.15, -0.1) is 0 Å². The van der Waals surface area contributed by atoms with Crippen molar-refractivity contribution in [3.63, 3.8) is 0 Å². The van der Waals surface area contributed by atoms with Gasteiger partial charge in [0.05, 0.1) is 12.7 Å². The van der Waals surface area contributed by atoms with Gasteiger partial charge in [0.15, 0.2) is 0 Å². The van der Waals surface area contributed by atoms with Gasteiger partial charge in [0, 0.05) is 5.56 Å². The minimum Gasteiger partial charge on any atom is -0.465 e. The molecule has 3 aromatic rings. The highest BCUT2D eigenvalue weighted by molar-refractivity contribution is 5.96. The Hall–Kier alpha value is -2.94. The van der Waals surface area contributed by atoms with Gasteiger partial charge in [-0.1, -0.05) is 42.5 Å². The van der Waals surface area contributed by atoms with E-state index in [1.807, 2.05) is 36.4 Å². The molecule has 0 spiro atoms. The van der Waals surface area contributed by atoms with Crippen LogP contribution in [0.5, 0.6) is 0 Å². The van der Waals surface area contributed by atoms with Crippen LogP contribution < -0.4 is 0 Å². The summed E-state index contributed by atoms with van der Waals surface area (Å²) in [6, 6.07) is 19.0. The summed E-state index contributed by atoms with van der Waals surface area (Å²) in [4.78, 5) is 22.3. The fraction of sp³-hybridized carbons (Fsp3) is 0.0526. The predicted molar refractivity (Wildman–Crippen MR) is 86.1 cm³/mol. The molecular formula is C19H14O3. The molecule has 0 heterocycles. The van der Waals surface area contributed by atoms with Gasteiger partial charge in [0.1, 0.15) is 6.29 Å². The molecule has 3 aromatic carbocycles. The lowest BCUT2D eigenvalue weighted by Gasteiger charge is -2.06.